The van der Waals surface area contributed by atoms with Crippen LogP contribution >= 0.6 is 11.8 Å². The molecule has 0 spiro atoms. The van der Waals surface area contributed by atoms with Crippen LogP contribution in [0.5, 0.6) is 17.2 Å². The summed E-state index contributed by atoms with van der Waals surface area (Å²) in [6, 6.07) is 12.2. The predicted octanol–water partition coefficient (Wildman–Crippen LogP) is 3.69. The van der Waals surface area contributed by atoms with Crippen LogP contribution in [-0.2, 0) is 0 Å². The van der Waals surface area contributed by atoms with Gasteiger partial charge in [-0.15, -0.1) is 10.2 Å². The van der Waals surface area contributed by atoms with E-state index in [2.05, 4.69) is 10.2 Å². The zero-order valence-electron chi connectivity index (χ0n) is 14.4. The van der Waals surface area contributed by atoms with Gasteiger partial charge in [-0.3, -0.25) is 4.79 Å². The first-order valence-corrected chi connectivity index (χ1v) is 8.39. The van der Waals surface area contributed by atoms with Gasteiger partial charge in [0.15, 0.2) is 0 Å². The number of rotatable bonds is 6. The van der Waals surface area contributed by atoms with Gasteiger partial charge in [0.1, 0.15) is 17.2 Å². The first kappa shape index (κ1) is 17.8. The molecule has 0 saturated heterocycles. The highest BCUT2D eigenvalue weighted by atomic mass is 32.2. The van der Waals surface area contributed by atoms with Crippen molar-refractivity contribution in [3.05, 3.63) is 48.0 Å². The number of carbonyl (C=O) groups is 1. The molecular formula is C18H16N2O5S. The molecule has 0 N–H and O–H groups in total. The highest BCUT2D eigenvalue weighted by Crippen LogP contribution is 2.33. The number of hydrogen-bond donors (Lipinski definition) is 0. The molecular weight excluding hydrogens is 356 g/mol. The standard InChI is InChI=1S/C18H16N2O5S/c1-22-11-8-9-13(15(10-11)24-3)17(21)26-18-20-19-16(25-18)12-6-4-5-7-14(12)23-2/h4-10H,1-3H3. The van der Waals surface area contributed by atoms with Crippen molar-refractivity contribution in [3.63, 3.8) is 0 Å². The Balaban J connectivity index is 1.82. The van der Waals surface area contributed by atoms with Gasteiger partial charge in [0.05, 0.1) is 32.5 Å². The molecule has 3 aromatic rings. The van der Waals surface area contributed by atoms with Crippen LogP contribution in [0.3, 0.4) is 0 Å². The second kappa shape index (κ2) is 7.92. The number of ether oxygens (including phenoxy) is 3. The fraction of sp³-hybridized carbons (Fsp3) is 0.167. The van der Waals surface area contributed by atoms with E-state index in [1.54, 1.807) is 44.6 Å². The van der Waals surface area contributed by atoms with Crippen molar-refractivity contribution in [3.8, 4) is 28.7 Å². The molecule has 0 fully saturated rings. The van der Waals surface area contributed by atoms with Crippen LogP contribution in [-0.4, -0.2) is 36.6 Å². The molecule has 2 aromatic carbocycles. The van der Waals surface area contributed by atoms with Crippen molar-refractivity contribution in [2.75, 3.05) is 21.3 Å². The second-order valence-electron chi connectivity index (χ2n) is 5.03. The van der Waals surface area contributed by atoms with Gasteiger partial charge < -0.3 is 18.6 Å². The van der Waals surface area contributed by atoms with Gasteiger partial charge >= 0.3 is 0 Å². The fourth-order valence-corrected chi connectivity index (χ4v) is 2.92. The Kier molecular flexibility index (Phi) is 5.43. The zero-order valence-corrected chi connectivity index (χ0v) is 15.2. The van der Waals surface area contributed by atoms with Crippen molar-refractivity contribution < 1.29 is 23.4 Å². The smallest absolute Gasteiger partial charge is 0.284 e. The summed E-state index contributed by atoms with van der Waals surface area (Å²) in [4.78, 5) is 12.6. The highest BCUT2D eigenvalue weighted by Gasteiger charge is 2.20. The molecule has 0 aliphatic carbocycles. The van der Waals surface area contributed by atoms with E-state index in [0.717, 1.165) is 11.8 Å². The van der Waals surface area contributed by atoms with Gasteiger partial charge in [-0.1, -0.05) is 12.1 Å². The lowest BCUT2D eigenvalue weighted by molar-refractivity contribution is 0.108. The average molecular weight is 372 g/mol. The Labute approximate surface area is 154 Å². The maximum absolute atomic E-state index is 12.6. The van der Waals surface area contributed by atoms with Gasteiger partial charge in [-0.05, 0) is 24.3 Å². The van der Waals surface area contributed by atoms with E-state index in [-0.39, 0.29) is 16.2 Å². The Hall–Kier alpha value is -3.00. The minimum absolute atomic E-state index is 0.133. The number of thioether (sulfide) groups is 1. The summed E-state index contributed by atoms with van der Waals surface area (Å²) >= 11 is 0.828. The lowest BCUT2D eigenvalue weighted by Gasteiger charge is -2.08. The topological polar surface area (TPSA) is 83.7 Å². The number of benzene rings is 2. The van der Waals surface area contributed by atoms with Crippen LogP contribution in [0.15, 0.2) is 52.1 Å². The first-order valence-electron chi connectivity index (χ1n) is 7.57. The summed E-state index contributed by atoms with van der Waals surface area (Å²) in [5, 5.41) is 7.77. The fourth-order valence-electron chi connectivity index (χ4n) is 2.28. The maximum atomic E-state index is 12.6. The van der Waals surface area contributed by atoms with E-state index >= 15 is 0 Å². The van der Waals surface area contributed by atoms with Crippen LogP contribution in [0, 0.1) is 0 Å². The summed E-state index contributed by atoms with van der Waals surface area (Å²) in [6.45, 7) is 0. The number of hydrogen-bond acceptors (Lipinski definition) is 8. The van der Waals surface area contributed by atoms with Crippen molar-refractivity contribution >= 4 is 16.9 Å². The Morgan fingerprint density at radius 1 is 0.962 bits per heavy atom. The summed E-state index contributed by atoms with van der Waals surface area (Å²) in [5.41, 5.74) is 1.04. The van der Waals surface area contributed by atoms with Crippen LogP contribution in [0.4, 0.5) is 0 Å². The molecule has 0 bridgehead atoms. The monoisotopic (exact) mass is 372 g/mol. The lowest BCUT2D eigenvalue weighted by Crippen LogP contribution is -1.99. The van der Waals surface area contributed by atoms with Crippen molar-refractivity contribution in [1.29, 1.82) is 0 Å². The molecule has 1 aromatic heterocycles. The van der Waals surface area contributed by atoms with E-state index in [0.29, 0.717) is 28.4 Å². The molecule has 0 aliphatic rings. The quantitative estimate of drug-likeness (QED) is 0.606. The Morgan fingerprint density at radius 3 is 2.46 bits per heavy atom. The van der Waals surface area contributed by atoms with Gasteiger partial charge in [0.25, 0.3) is 11.1 Å². The first-order chi connectivity index (χ1) is 12.7. The Morgan fingerprint density at radius 2 is 1.73 bits per heavy atom. The molecule has 3 rings (SSSR count). The number of methoxy groups -OCH3 is 3. The SMILES string of the molecule is COc1ccc(C(=O)Sc2nnc(-c3ccccc3OC)o2)c(OC)c1. The van der Waals surface area contributed by atoms with Crippen LogP contribution < -0.4 is 14.2 Å². The van der Waals surface area contributed by atoms with Crippen LogP contribution in [0.1, 0.15) is 10.4 Å². The van der Waals surface area contributed by atoms with Crippen molar-refractivity contribution in [1.82, 2.24) is 10.2 Å². The number of carbonyl (C=O) groups excluding carboxylic acids is 1. The van der Waals surface area contributed by atoms with Crippen LogP contribution in [0.2, 0.25) is 0 Å². The van der Waals surface area contributed by atoms with E-state index in [1.165, 1.54) is 7.11 Å². The molecule has 0 amide bonds. The number of aromatic nitrogens is 2. The molecule has 26 heavy (non-hydrogen) atoms. The summed E-state index contributed by atoms with van der Waals surface area (Å²) in [6.07, 6.45) is 0. The third kappa shape index (κ3) is 3.65. The molecule has 1 heterocycles. The number of nitrogens with zero attached hydrogens (tertiary/aromatic N) is 2. The van der Waals surface area contributed by atoms with Crippen molar-refractivity contribution in [2.24, 2.45) is 0 Å². The average Bonchev–Trinajstić information content (AvgIpc) is 3.15. The van der Waals surface area contributed by atoms with Gasteiger partial charge in [-0.25, -0.2) is 0 Å². The molecule has 0 unspecified atom stereocenters. The second-order valence-corrected chi connectivity index (χ2v) is 5.95. The summed E-state index contributed by atoms with van der Waals surface area (Å²) < 4.78 is 21.3. The molecule has 134 valence electrons. The number of para-hydroxylation sites is 1. The van der Waals surface area contributed by atoms with Crippen LogP contribution in [0.25, 0.3) is 11.5 Å². The minimum atomic E-state index is -0.278. The lowest BCUT2D eigenvalue weighted by atomic mass is 10.2. The molecule has 7 nitrogen and oxygen atoms in total. The zero-order chi connectivity index (χ0) is 18.5. The van der Waals surface area contributed by atoms with E-state index in [4.69, 9.17) is 18.6 Å². The van der Waals surface area contributed by atoms with Gasteiger partial charge in [0, 0.05) is 17.8 Å². The largest absolute Gasteiger partial charge is 0.497 e. The summed E-state index contributed by atoms with van der Waals surface area (Å²) in [7, 11) is 4.59. The molecule has 0 saturated carbocycles. The highest BCUT2D eigenvalue weighted by molar-refractivity contribution is 8.14. The molecule has 0 radical (unpaired) electrons. The summed E-state index contributed by atoms with van der Waals surface area (Å²) in [5.74, 6) is 1.89. The molecule has 0 aliphatic heterocycles. The van der Waals surface area contributed by atoms with Crippen molar-refractivity contribution in [2.45, 2.75) is 5.22 Å². The predicted molar refractivity (Wildman–Crippen MR) is 96.0 cm³/mol. The van der Waals surface area contributed by atoms with Gasteiger partial charge in [-0.2, -0.15) is 0 Å². The normalized spacial score (nSPS) is 10.4. The van der Waals surface area contributed by atoms with E-state index < -0.39 is 0 Å². The Bertz CT molecular complexity index is 925. The third-order valence-corrected chi connectivity index (χ3v) is 4.30. The minimum Gasteiger partial charge on any atom is -0.497 e. The van der Waals surface area contributed by atoms with Gasteiger partial charge in [0.2, 0.25) is 5.12 Å². The van der Waals surface area contributed by atoms with E-state index in [1.807, 2.05) is 12.1 Å². The van der Waals surface area contributed by atoms with E-state index in [9.17, 15) is 4.79 Å². The maximum Gasteiger partial charge on any atom is 0.284 e. The third-order valence-electron chi connectivity index (χ3n) is 3.55. The molecule has 0 atom stereocenters. The molecule has 8 heteroatoms.